The quantitative estimate of drug-likeness (QED) is 0.227. The van der Waals surface area contributed by atoms with Crippen molar-refractivity contribution in [1.29, 1.82) is 0 Å². The first-order valence-corrected chi connectivity index (χ1v) is 12.4. The average Bonchev–Trinajstić information content (AvgIpc) is 2.91. The number of carbonyl (C=O) groups is 1. The van der Waals surface area contributed by atoms with Crippen LogP contribution in [0, 0.1) is 0 Å². The lowest BCUT2D eigenvalue weighted by Crippen LogP contribution is -2.09. The van der Waals surface area contributed by atoms with Crippen LogP contribution in [-0.2, 0) is 11.0 Å². The summed E-state index contributed by atoms with van der Waals surface area (Å²) in [5.41, 5.74) is 3.40. The molecule has 0 spiro atoms. The number of carboxylic acid groups (broad SMARTS) is 1. The van der Waals surface area contributed by atoms with Gasteiger partial charge in [-0.15, -0.1) is 11.8 Å². The molecular formula is C30H23F3O3S. The van der Waals surface area contributed by atoms with Crippen LogP contribution in [0.1, 0.15) is 16.7 Å². The van der Waals surface area contributed by atoms with Crippen LogP contribution in [0.4, 0.5) is 13.2 Å². The Bertz CT molecular complexity index is 1360. The molecule has 0 amide bonds. The smallest absolute Gasteiger partial charge is 0.416 e. The Labute approximate surface area is 217 Å². The van der Waals surface area contributed by atoms with Crippen molar-refractivity contribution in [3.05, 3.63) is 126 Å². The standard InChI is InChI=1S/C30H23F3O3S/c31-30(32,33)25-8-4-7-24(19-25)28(23-11-9-22(10-12-23)21-5-2-1-3-6-21)17-18-37-27-15-13-26(14-16-27)36-20-29(34)35/h1-17,19H,18,20H2,(H,34,35). The zero-order valence-corrected chi connectivity index (χ0v) is 20.4. The minimum absolute atomic E-state index is 0.418. The van der Waals surface area contributed by atoms with Crippen molar-refractivity contribution in [3.63, 3.8) is 0 Å². The van der Waals surface area contributed by atoms with Gasteiger partial charge in [-0.2, -0.15) is 13.2 Å². The van der Waals surface area contributed by atoms with Gasteiger partial charge in [0, 0.05) is 10.6 Å². The number of rotatable bonds is 9. The molecule has 0 radical (unpaired) electrons. The molecule has 0 aromatic heterocycles. The number of halogens is 3. The van der Waals surface area contributed by atoms with Crippen molar-refractivity contribution in [2.24, 2.45) is 0 Å². The predicted molar refractivity (Wildman–Crippen MR) is 141 cm³/mol. The maximum absolute atomic E-state index is 13.4. The number of aliphatic carboxylic acids is 1. The molecule has 0 bridgehead atoms. The van der Waals surface area contributed by atoms with E-state index in [0.29, 0.717) is 22.6 Å². The maximum Gasteiger partial charge on any atom is 0.416 e. The highest BCUT2D eigenvalue weighted by Gasteiger charge is 2.30. The van der Waals surface area contributed by atoms with Crippen molar-refractivity contribution in [1.82, 2.24) is 0 Å². The zero-order valence-electron chi connectivity index (χ0n) is 19.6. The van der Waals surface area contributed by atoms with Crippen LogP contribution in [0.3, 0.4) is 0 Å². The number of hydrogen-bond donors (Lipinski definition) is 1. The van der Waals surface area contributed by atoms with Crippen molar-refractivity contribution < 1.29 is 27.8 Å². The Hall–Kier alpha value is -3.97. The van der Waals surface area contributed by atoms with Crippen molar-refractivity contribution in [3.8, 4) is 16.9 Å². The largest absolute Gasteiger partial charge is 0.482 e. The molecule has 0 fully saturated rings. The number of thioether (sulfide) groups is 1. The number of hydrogen-bond acceptors (Lipinski definition) is 3. The zero-order chi connectivity index (χ0) is 26.3. The van der Waals surface area contributed by atoms with Crippen molar-refractivity contribution >= 4 is 23.3 Å². The van der Waals surface area contributed by atoms with E-state index in [2.05, 4.69) is 0 Å². The predicted octanol–water partition coefficient (Wildman–Crippen LogP) is 8.06. The number of benzene rings is 4. The molecule has 0 unspecified atom stereocenters. The molecule has 37 heavy (non-hydrogen) atoms. The van der Waals surface area contributed by atoms with Gasteiger partial charge in [0.2, 0.25) is 0 Å². The summed E-state index contributed by atoms with van der Waals surface area (Å²) in [7, 11) is 0. The summed E-state index contributed by atoms with van der Waals surface area (Å²) in [5, 5.41) is 8.72. The summed E-state index contributed by atoms with van der Waals surface area (Å²) in [6, 6.07) is 30.0. The van der Waals surface area contributed by atoms with Gasteiger partial charge >= 0.3 is 12.1 Å². The molecule has 0 atom stereocenters. The monoisotopic (exact) mass is 520 g/mol. The molecule has 0 aliphatic rings. The fourth-order valence-electron chi connectivity index (χ4n) is 3.74. The van der Waals surface area contributed by atoms with E-state index in [1.807, 2.05) is 72.8 Å². The first kappa shape index (κ1) is 26.1. The first-order chi connectivity index (χ1) is 17.8. The van der Waals surface area contributed by atoms with Gasteiger partial charge in [-0.25, -0.2) is 4.79 Å². The van der Waals surface area contributed by atoms with Gasteiger partial charge in [0.15, 0.2) is 6.61 Å². The third kappa shape index (κ3) is 7.27. The highest BCUT2D eigenvalue weighted by atomic mass is 32.2. The molecule has 0 aliphatic heterocycles. The molecule has 0 heterocycles. The van der Waals surface area contributed by atoms with Gasteiger partial charge in [0.1, 0.15) is 5.75 Å². The lowest BCUT2D eigenvalue weighted by molar-refractivity contribution is -0.139. The first-order valence-electron chi connectivity index (χ1n) is 11.4. The van der Waals surface area contributed by atoms with Crippen LogP contribution in [0.5, 0.6) is 5.75 Å². The van der Waals surface area contributed by atoms with Gasteiger partial charge in [0.05, 0.1) is 5.56 Å². The Morgan fingerprint density at radius 3 is 2.14 bits per heavy atom. The molecule has 4 rings (SSSR count). The number of carboxylic acids is 1. The molecular weight excluding hydrogens is 497 g/mol. The Kier molecular flexibility index (Phi) is 8.36. The van der Waals surface area contributed by atoms with Crippen LogP contribution >= 0.6 is 11.8 Å². The van der Waals surface area contributed by atoms with Gasteiger partial charge in [-0.3, -0.25) is 0 Å². The second-order valence-corrected chi connectivity index (χ2v) is 9.20. The van der Waals surface area contributed by atoms with E-state index in [0.717, 1.165) is 27.7 Å². The van der Waals surface area contributed by atoms with Crippen molar-refractivity contribution in [2.75, 3.05) is 12.4 Å². The van der Waals surface area contributed by atoms with E-state index >= 15 is 0 Å². The van der Waals surface area contributed by atoms with Crippen LogP contribution in [0.25, 0.3) is 16.7 Å². The minimum Gasteiger partial charge on any atom is -0.482 e. The van der Waals surface area contributed by atoms with Gasteiger partial charge in [0.25, 0.3) is 0 Å². The molecule has 0 aliphatic carbocycles. The molecule has 3 nitrogen and oxygen atoms in total. The van der Waals surface area contributed by atoms with E-state index in [1.165, 1.54) is 23.9 Å². The molecule has 7 heteroatoms. The Morgan fingerprint density at radius 2 is 1.49 bits per heavy atom. The summed E-state index contributed by atoms with van der Waals surface area (Å²) in [6.07, 6.45) is -2.51. The van der Waals surface area contributed by atoms with E-state index in [9.17, 15) is 18.0 Å². The summed E-state index contributed by atoms with van der Waals surface area (Å²) in [4.78, 5) is 11.6. The average molecular weight is 521 g/mol. The Balaban J connectivity index is 1.59. The SMILES string of the molecule is O=C(O)COc1ccc(SCC=C(c2ccc(-c3ccccc3)cc2)c2cccc(C(F)(F)F)c2)cc1. The van der Waals surface area contributed by atoms with E-state index in [4.69, 9.17) is 9.84 Å². The fourth-order valence-corrected chi connectivity index (χ4v) is 4.51. The molecule has 188 valence electrons. The maximum atomic E-state index is 13.4. The van der Waals surface area contributed by atoms with Crippen LogP contribution in [-0.4, -0.2) is 23.4 Å². The molecule has 4 aromatic carbocycles. The summed E-state index contributed by atoms with van der Waals surface area (Å²) in [5.74, 6) is -0.0885. The minimum atomic E-state index is -4.43. The second-order valence-electron chi connectivity index (χ2n) is 8.10. The molecule has 4 aromatic rings. The van der Waals surface area contributed by atoms with E-state index in [-0.39, 0.29) is 0 Å². The Morgan fingerprint density at radius 1 is 0.811 bits per heavy atom. The van der Waals surface area contributed by atoms with Crippen LogP contribution in [0.15, 0.2) is 114 Å². The highest BCUT2D eigenvalue weighted by Crippen LogP contribution is 2.34. The van der Waals surface area contributed by atoms with E-state index in [1.54, 1.807) is 18.2 Å². The number of ether oxygens (including phenoxy) is 1. The molecule has 0 saturated heterocycles. The number of alkyl halides is 3. The van der Waals surface area contributed by atoms with Crippen molar-refractivity contribution in [2.45, 2.75) is 11.1 Å². The third-order valence-electron chi connectivity index (χ3n) is 5.53. The summed E-state index contributed by atoms with van der Waals surface area (Å²) >= 11 is 1.51. The summed E-state index contributed by atoms with van der Waals surface area (Å²) < 4.78 is 45.4. The topological polar surface area (TPSA) is 46.5 Å². The van der Waals surface area contributed by atoms with Gasteiger partial charge < -0.3 is 9.84 Å². The highest BCUT2D eigenvalue weighted by molar-refractivity contribution is 7.99. The van der Waals surface area contributed by atoms with Gasteiger partial charge in [-0.05, 0) is 64.2 Å². The summed E-state index contributed by atoms with van der Waals surface area (Å²) in [6.45, 7) is -0.418. The van der Waals surface area contributed by atoms with E-state index < -0.39 is 24.3 Å². The lowest BCUT2D eigenvalue weighted by Gasteiger charge is -2.13. The second kappa shape index (κ2) is 11.8. The normalized spacial score (nSPS) is 11.8. The van der Waals surface area contributed by atoms with Crippen LogP contribution < -0.4 is 4.74 Å². The van der Waals surface area contributed by atoms with Crippen LogP contribution in [0.2, 0.25) is 0 Å². The lowest BCUT2D eigenvalue weighted by atomic mass is 9.94. The molecule has 1 N–H and O–H groups in total. The van der Waals surface area contributed by atoms with Gasteiger partial charge in [-0.1, -0.05) is 72.8 Å². The third-order valence-corrected chi connectivity index (χ3v) is 6.47. The molecule has 0 saturated carbocycles. The fraction of sp³-hybridized carbons (Fsp3) is 0.100.